The van der Waals surface area contributed by atoms with Crippen molar-refractivity contribution >= 4 is 11.9 Å². The number of anilines is 1. The zero-order valence-electron chi connectivity index (χ0n) is 10.8. The number of aromatic amines is 1. The van der Waals surface area contributed by atoms with Crippen molar-refractivity contribution in [1.82, 2.24) is 19.7 Å². The predicted molar refractivity (Wildman–Crippen MR) is 74.8 cm³/mol. The lowest BCUT2D eigenvalue weighted by Crippen LogP contribution is -2.15. The van der Waals surface area contributed by atoms with E-state index in [1.807, 2.05) is 36.4 Å². The largest absolute Gasteiger partial charge is 0.356 e. The van der Waals surface area contributed by atoms with Crippen LogP contribution in [-0.2, 0) is 0 Å². The first kappa shape index (κ1) is 12.6. The van der Waals surface area contributed by atoms with Crippen molar-refractivity contribution in [3.8, 4) is 11.8 Å². The summed E-state index contributed by atoms with van der Waals surface area (Å²) < 4.78 is 1.66. The Hall–Kier alpha value is -3.40. The topological polar surface area (TPSA) is 99.4 Å². The van der Waals surface area contributed by atoms with Crippen LogP contribution in [0.1, 0.15) is 16.1 Å². The lowest BCUT2D eigenvalue weighted by atomic mass is 10.3. The lowest BCUT2D eigenvalue weighted by molar-refractivity contribution is 0.102. The van der Waals surface area contributed by atoms with Gasteiger partial charge in [-0.3, -0.25) is 14.7 Å². The van der Waals surface area contributed by atoms with Crippen LogP contribution in [0.5, 0.6) is 0 Å². The molecule has 0 fully saturated rings. The second-order valence-corrected chi connectivity index (χ2v) is 4.23. The molecule has 2 aromatic heterocycles. The van der Waals surface area contributed by atoms with Crippen LogP contribution in [0.3, 0.4) is 0 Å². The molecule has 1 aromatic carbocycles. The van der Waals surface area contributed by atoms with Crippen LogP contribution in [0.4, 0.5) is 5.95 Å². The number of nitrogens with one attached hydrogen (secondary N) is 2. The van der Waals surface area contributed by atoms with Gasteiger partial charge in [0.05, 0.1) is 11.3 Å². The number of amides is 1. The van der Waals surface area contributed by atoms with Gasteiger partial charge >= 0.3 is 0 Å². The molecule has 21 heavy (non-hydrogen) atoms. The Balaban J connectivity index is 1.85. The van der Waals surface area contributed by atoms with Crippen LogP contribution in [-0.4, -0.2) is 25.7 Å². The average Bonchev–Trinajstić information content (AvgIpc) is 3.17. The molecule has 7 heteroatoms. The highest BCUT2D eigenvalue weighted by molar-refractivity contribution is 6.02. The molecule has 3 aromatic rings. The Kier molecular flexibility index (Phi) is 3.19. The molecule has 2 heterocycles. The molecule has 102 valence electrons. The third-order valence-electron chi connectivity index (χ3n) is 2.86. The molecule has 0 saturated heterocycles. The Bertz CT molecular complexity index is 811. The monoisotopic (exact) mass is 278 g/mol. The number of rotatable bonds is 3. The fraction of sp³-hybridized carbons (Fsp3) is 0. The number of carbonyl (C=O) groups excluding carboxylic acids is 1. The molecule has 0 saturated carbocycles. The highest BCUT2D eigenvalue weighted by Crippen LogP contribution is 2.13. The number of benzene rings is 1. The maximum atomic E-state index is 12.1. The highest BCUT2D eigenvalue weighted by atomic mass is 16.2. The van der Waals surface area contributed by atoms with Gasteiger partial charge in [0, 0.05) is 6.20 Å². The van der Waals surface area contributed by atoms with Crippen LogP contribution < -0.4 is 5.32 Å². The smallest absolute Gasteiger partial charge is 0.274 e. The molecule has 3 rings (SSSR count). The van der Waals surface area contributed by atoms with Gasteiger partial charge in [-0.2, -0.15) is 5.26 Å². The minimum atomic E-state index is -0.387. The molecule has 7 nitrogen and oxygen atoms in total. The molecule has 0 atom stereocenters. The molecular weight excluding hydrogens is 268 g/mol. The number of H-pyrrole nitrogens is 1. The number of para-hydroxylation sites is 1. The molecule has 0 bridgehead atoms. The summed E-state index contributed by atoms with van der Waals surface area (Å²) in [6.07, 6.45) is 2.98. The van der Waals surface area contributed by atoms with E-state index in [0.29, 0.717) is 11.5 Å². The van der Waals surface area contributed by atoms with E-state index in [4.69, 9.17) is 5.26 Å². The van der Waals surface area contributed by atoms with Gasteiger partial charge in [-0.1, -0.05) is 18.2 Å². The number of aromatic nitrogens is 4. The molecule has 0 unspecified atom stereocenters. The normalized spacial score (nSPS) is 10.0. The molecule has 0 radical (unpaired) electrons. The minimum absolute atomic E-state index is 0.286. The fourth-order valence-corrected chi connectivity index (χ4v) is 1.86. The maximum Gasteiger partial charge on any atom is 0.274 e. The Morgan fingerprint density at radius 3 is 2.86 bits per heavy atom. The second-order valence-electron chi connectivity index (χ2n) is 4.23. The molecule has 0 aliphatic heterocycles. The third-order valence-corrected chi connectivity index (χ3v) is 2.86. The van der Waals surface area contributed by atoms with Crippen LogP contribution in [0.2, 0.25) is 0 Å². The van der Waals surface area contributed by atoms with Gasteiger partial charge in [-0.15, -0.1) is 10.2 Å². The first-order valence-corrected chi connectivity index (χ1v) is 6.13. The quantitative estimate of drug-likeness (QED) is 0.761. The summed E-state index contributed by atoms with van der Waals surface area (Å²) in [4.78, 5) is 14.8. The number of hydrogen-bond donors (Lipinski definition) is 2. The van der Waals surface area contributed by atoms with Gasteiger partial charge in [0.25, 0.3) is 5.91 Å². The summed E-state index contributed by atoms with van der Waals surface area (Å²) in [5, 5.41) is 19.1. The summed E-state index contributed by atoms with van der Waals surface area (Å²) in [6, 6.07) is 12.8. The second kappa shape index (κ2) is 5.30. The predicted octanol–water partition coefficient (Wildman–Crippen LogP) is 1.72. The van der Waals surface area contributed by atoms with Crippen LogP contribution >= 0.6 is 0 Å². The lowest BCUT2D eigenvalue weighted by Gasteiger charge is -2.06. The van der Waals surface area contributed by atoms with E-state index < -0.39 is 0 Å². The van der Waals surface area contributed by atoms with E-state index in [0.717, 1.165) is 5.69 Å². The zero-order chi connectivity index (χ0) is 14.7. The minimum Gasteiger partial charge on any atom is -0.356 e. The van der Waals surface area contributed by atoms with Crippen molar-refractivity contribution in [2.75, 3.05) is 5.32 Å². The van der Waals surface area contributed by atoms with E-state index >= 15 is 0 Å². The summed E-state index contributed by atoms with van der Waals surface area (Å²) in [7, 11) is 0. The van der Waals surface area contributed by atoms with E-state index in [2.05, 4.69) is 20.5 Å². The van der Waals surface area contributed by atoms with Gasteiger partial charge in [0.2, 0.25) is 5.95 Å². The molecule has 0 aliphatic rings. The van der Waals surface area contributed by atoms with Crippen LogP contribution in [0.15, 0.2) is 48.9 Å². The molecular formula is C14H10N6O. The maximum absolute atomic E-state index is 12.1. The van der Waals surface area contributed by atoms with Crippen LogP contribution in [0.25, 0.3) is 5.69 Å². The fourth-order valence-electron chi connectivity index (χ4n) is 1.86. The van der Waals surface area contributed by atoms with E-state index in [1.54, 1.807) is 4.57 Å². The van der Waals surface area contributed by atoms with E-state index in [9.17, 15) is 4.79 Å². The Morgan fingerprint density at radius 2 is 2.14 bits per heavy atom. The third kappa shape index (κ3) is 2.50. The van der Waals surface area contributed by atoms with Gasteiger partial charge in [-0.05, 0) is 18.2 Å². The SMILES string of the molecule is N#Cc1c[nH]c(C(=O)Nc2nncn2-c2ccccc2)c1. The van der Waals surface area contributed by atoms with Crippen molar-refractivity contribution in [3.05, 3.63) is 60.2 Å². The Morgan fingerprint density at radius 1 is 1.33 bits per heavy atom. The first-order valence-electron chi connectivity index (χ1n) is 6.13. The molecule has 2 N–H and O–H groups in total. The van der Waals surface area contributed by atoms with Crippen molar-refractivity contribution in [2.45, 2.75) is 0 Å². The number of hydrogen-bond acceptors (Lipinski definition) is 4. The summed E-state index contributed by atoms with van der Waals surface area (Å²) in [5.41, 5.74) is 1.51. The summed E-state index contributed by atoms with van der Waals surface area (Å²) in [6.45, 7) is 0. The van der Waals surface area contributed by atoms with Gasteiger partial charge in [-0.25, -0.2) is 0 Å². The van der Waals surface area contributed by atoms with Gasteiger partial charge < -0.3 is 4.98 Å². The number of nitriles is 1. The zero-order valence-corrected chi connectivity index (χ0v) is 10.8. The summed E-state index contributed by atoms with van der Waals surface area (Å²) >= 11 is 0. The summed E-state index contributed by atoms with van der Waals surface area (Å²) in [5.74, 6) is -0.0824. The first-order chi connectivity index (χ1) is 10.3. The van der Waals surface area contributed by atoms with Crippen LogP contribution in [0, 0.1) is 11.3 Å². The van der Waals surface area contributed by atoms with Gasteiger partial charge in [0.1, 0.15) is 18.1 Å². The van der Waals surface area contributed by atoms with Crippen molar-refractivity contribution in [3.63, 3.8) is 0 Å². The highest BCUT2D eigenvalue weighted by Gasteiger charge is 2.13. The molecule has 0 aliphatic carbocycles. The van der Waals surface area contributed by atoms with Crippen molar-refractivity contribution in [1.29, 1.82) is 5.26 Å². The number of nitrogens with zero attached hydrogens (tertiary/aromatic N) is 4. The molecule has 0 spiro atoms. The standard InChI is InChI=1S/C14H10N6O/c15-7-10-6-12(16-8-10)13(21)18-14-19-17-9-20(14)11-4-2-1-3-5-11/h1-6,8-9,16H,(H,18,19,21). The van der Waals surface area contributed by atoms with Crippen molar-refractivity contribution in [2.24, 2.45) is 0 Å². The average molecular weight is 278 g/mol. The van der Waals surface area contributed by atoms with Gasteiger partial charge in [0.15, 0.2) is 0 Å². The van der Waals surface area contributed by atoms with E-state index in [1.165, 1.54) is 18.6 Å². The van der Waals surface area contributed by atoms with E-state index in [-0.39, 0.29) is 11.6 Å². The number of carbonyl (C=O) groups is 1. The Labute approximate surface area is 119 Å². The molecule has 1 amide bonds. The van der Waals surface area contributed by atoms with Crippen molar-refractivity contribution < 1.29 is 4.79 Å².